The van der Waals surface area contributed by atoms with Crippen LogP contribution in [0.5, 0.6) is 0 Å². The van der Waals surface area contributed by atoms with Crippen LogP contribution in [0.4, 0.5) is 11.4 Å². The van der Waals surface area contributed by atoms with Crippen molar-refractivity contribution in [2.45, 2.75) is 6.92 Å². The normalized spacial score (nSPS) is 10.7. The molecule has 0 radical (unpaired) electrons. The zero-order valence-corrected chi connectivity index (χ0v) is 17.3. The molecule has 0 aliphatic rings. The lowest BCUT2D eigenvalue weighted by atomic mass is 10.1. The van der Waals surface area contributed by atoms with Gasteiger partial charge in [0.1, 0.15) is 17.2 Å². The van der Waals surface area contributed by atoms with Gasteiger partial charge in [-0.2, -0.15) is 0 Å². The molecule has 0 saturated heterocycles. The first kappa shape index (κ1) is 21.2. The topological polar surface area (TPSA) is 97.4 Å². The summed E-state index contributed by atoms with van der Waals surface area (Å²) in [5, 5.41) is 16.7. The van der Waals surface area contributed by atoms with Gasteiger partial charge in [-0.25, -0.2) is 0 Å². The summed E-state index contributed by atoms with van der Waals surface area (Å²) in [4.78, 5) is 22.6. The number of nitro groups is 1. The SMILES string of the molecule is Cc1ccc(-c2ccc(/C=C/C(=O)NC(=S)Nc3ccccc3[N+](=O)[O-])o2)cc1Cl. The number of halogens is 1. The molecule has 0 unspecified atom stereocenters. The Morgan fingerprint density at radius 1 is 1.20 bits per heavy atom. The Morgan fingerprint density at radius 2 is 1.97 bits per heavy atom. The second-order valence-electron chi connectivity index (χ2n) is 6.22. The van der Waals surface area contributed by atoms with Crippen LogP contribution in [0, 0.1) is 17.0 Å². The van der Waals surface area contributed by atoms with E-state index in [0.29, 0.717) is 16.5 Å². The maximum absolute atomic E-state index is 12.1. The van der Waals surface area contributed by atoms with E-state index in [1.54, 1.807) is 18.2 Å². The standard InChI is InChI=1S/C21H16ClN3O4S/c1-13-6-7-14(12-16(13)22)19-10-8-15(29-19)9-11-20(26)24-21(30)23-17-4-2-3-5-18(17)25(27)28/h2-12H,1H3,(H2,23,24,26,30)/b11-9+. The molecule has 0 aliphatic heterocycles. The number of furan rings is 1. The number of nitrogens with one attached hydrogen (secondary N) is 2. The van der Waals surface area contributed by atoms with Gasteiger partial charge in [0.15, 0.2) is 5.11 Å². The van der Waals surface area contributed by atoms with Crippen molar-refractivity contribution in [2.75, 3.05) is 5.32 Å². The number of carbonyl (C=O) groups is 1. The van der Waals surface area contributed by atoms with Crippen LogP contribution >= 0.6 is 23.8 Å². The van der Waals surface area contributed by atoms with E-state index in [9.17, 15) is 14.9 Å². The fourth-order valence-corrected chi connectivity index (χ4v) is 2.94. The number of nitrogens with zero attached hydrogens (tertiary/aromatic N) is 1. The molecular weight excluding hydrogens is 426 g/mol. The Balaban J connectivity index is 1.61. The van der Waals surface area contributed by atoms with Crippen LogP contribution in [0.2, 0.25) is 5.02 Å². The summed E-state index contributed by atoms with van der Waals surface area (Å²) in [6.07, 6.45) is 2.74. The van der Waals surface area contributed by atoms with Crippen molar-refractivity contribution in [3.63, 3.8) is 0 Å². The zero-order chi connectivity index (χ0) is 21.7. The first-order valence-electron chi connectivity index (χ1n) is 8.73. The minimum atomic E-state index is -0.539. The van der Waals surface area contributed by atoms with Crippen molar-refractivity contribution in [1.29, 1.82) is 0 Å². The summed E-state index contributed by atoms with van der Waals surface area (Å²) in [5.41, 5.74) is 1.83. The second-order valence-corrected chi connectivity index (χ2v) is 7.03. The van der Waals surface area contributed by atoms with Crippen LogP contribution in [-0.2, 0) is 4.79 Å². The molecule has 0 saturated carbocycles. The molecular formula is C21H16ClN3O4S. The summed E-state index contributed by atoms with van der Waals surface area (Å²) in [6.45, 7) is 1.91. The van der Waals surface area contributed by atoms with Gasteiger partial charge in [0.05, 0.1) is 4.92 Å². The number of para-hydroxylation sites is 2. The zero-order valence-electron chi connectivity index (χ0n) is 15.7. The van der Waals surface area contributed by atoms with Gasteiger partial charge in [-0.1, -0.05) is 35.9 Å². The first-order chi connectivity index (χ1) is 14.3. The number of hydrogen-bond acceptors (Lipinski definition) is 5. The summed E-state index contributed by atoms with van der Waals surface area (Å²) >= 11 is 11.2. The Kier molecular flexibility index (Phi) is 6.61. The molecule has 0 spiro atoms. The Labute approximate surface area is 182 Å². The quantitative estimate of drug-likeness (QED) is 0.240. The van der Waals surface area contributed by atoms with E-state index in [1.807, 2.05) is 25.1 Å². The molecule has 7 nitrogen and oxygen atoms in total. The molecule has 2 aromatic carbocycles. The van der Waals surface area contributed by atoms with E-state index in [1.165, 1.54) is 30.4 Å². The molecule has 30 heavy (non-hydrogen) atoms. The van der Waals surface area contributed by atoms with Crippen LogP contribution in [-0.4, -0.2) is 15.9 Å². The molecule has 0 atom stereocenters. The highest BCUT2D eigenvalue weighted by Crippen LogP contribution is 2.27. The van der Waals surface area contributed by atoms with Gasteiger partial charge >= 0.3 is 0 Å². The number of benzene rings is 2. The van der Waals surface area contributed by atoms with E-state index in [-0.39, 0.29) is 16.5 Å². The molecule has 0 bridgehead atoms. The van der Waals surface area contributed by atoms with Crippen LogP contribution in [0.1, 0.15) is 11.3 Å². The van der Waals surface area contributed by atoms with Gasteiger partial charge < -0.3 is 9.73 Å². The van der Waals surface area contributed by atoms with E-state index in [0.717, 1.165) is 11.1 Å². The van der Waals surface area contributed by atoms with Gasteiger partial charge in [0.2, 0.25) is 5.91 Å². The summed E-state index contributed by atoms with van der Waals surface area (Å²) in [7, 11) is 0. The predicted molar refractivity (Wildman–Crippen MR) is 120 cm³/mol. The lowest BCUT2D eigenvalue weighted by Gasteiger charge is -2.08. The highest BCUT2D eigenvalue weighted by atomic mass is 35.5. The molecule has 152 valence electrons. The Hall–Kier alpha value is -3.49. The summed E-state index contributed by atoms with van der Waals surface area (Å²) in [5.74, 6) is 0.572. The van der Waals surface area contributed by atoms with E-state index in [2.05, 4.69) is 10.6 Å². The van der Waals surface area contributed by atoms with Gasteiger partial charge in [0, 0.05) is 22.7 Å². The molecule has 2 N–H and O–H groups in total. The van der Waals surface area contributed by atoms with Crippen LogP contribution in [0.25, 0.3) is 17.4 Å². The third-order valence-corrected chi connectivity index (χ3v) is 4.68. The fourth-order valence-electron chi connectivity index (χ4n) is 2.55. The van der Waals surface area contributed by atoms with Crippen molar-refractivity contribution in [1.82, 2.24) is 5.32 Å². The van der Waals surface area contributed by atoms with Crippen LogP contribution in [0.15, 0.2) is 65.1 Å². The van der Waals surface area contributed by atoms with Gasteiger partial charge in [-0.3, -0.25) is 20.2 Å². The van der Waals surface area contributed by atoms with Crippen LogP contribution < -0.4 is 10.6 Å². The smallest absolute Gasteiger partial charge is 0.292 e. The molecule has 9 heteroatoms. The minimum absolute atomic E-state index is 0.0617. The molecule has 1 amide bonds. The molecule has 0 fully saturated rings. The first-order valence-corrected chi connectivity index (χ1v) is 9.52. The van der Waals surface area contributed by atoms with Gasteiger partial charge in [0.25, 0.3) is 5.69 Å². The number of anilines is 1. The summed E-state index contributed by atoms with van der Waals surface area (Å²) < 4.78 is 5.71. The van der Waals surface area contributed by atoms with Crippen molar-refractivity contribution >= 4 is 52.3 Å². The number of rotatable bonds is 5. The molecule has 3 aromatic rings. The van der Waals surface area contributed by atoms with E-state index < -0.39 is 10.8 Å². The average molecular weight is 442 g/mol. The number of amides is 1. The lowest BCUT2D eigenvalue weighted by Crippen LogP contribution is -2.33. The monoisotopic (exact) mass is 441 g/mol. The minimum Gasteiger partial charge on any atom is -0.457 e. The van der Waals surface area contributed by atoms with Crippen LogP contribution in [0.3, 0.4) is 0 Å². The van der Waals surface area contributed by atoms with Gasteiger partial charge in [-0.15, -0.1) is 0 Å². The third kappa shape index (κ3) is 5.31. The average Bonchev–Trinajstić information content (AvgIpc) is 3.18. The number of hydrogen-bond donors (Lipinski definition) is 2. The number of carbonyl (C=O) groups excluding carboxylic acids is 1. The van der Waals surface area contributed by atoms with E-state index >= 15 is 0 Å². The molecule has 1 aromatic heterocycles. The van der Waals surface area contributed by atoms with Gasteiger partial charge in [-0.05, 0) is 55.0 Å². The number of thiocarbonyl (C=S) groups is 1. The fraction of sp³-hybridized carbons (Fsp3) is 0.0476. The molecule has 1 heterocycles. The Morgan fingerprint density at radius 3 is 2.70 bits per heavy atom. The largest absolute Gasteiger partial charge is 0.457 e. The Bertz CT molecular complexity index is 1160. The number of nitro benzene ring substituents is 1. The highest BCUT2D eigenvalue weighted by molar-refractivity contribution is 7.80. The lowest BCUT2D eigenvalue weighted by molar-refractivity contribution is -0.383. The maximum Gasteiger partial charge on any atom is 0.292 e. The van der Waals surface area contributed by atoms with Crippen molar-refractivity contribution in [3.8, 4) is 11.3 Å². The number of aryl methyl sites for hydroxylation is 1. The van der Waals surface area contributed by atoms with Crippen molar-refractivity contribution < 1.29 is 14.1 Å². The third-order valence-electron chi connectivity index (χ3n) is 4.07. The second kappa shape index (κ2) is 9.34. The maximum atomic E-state index is 12.1. The van der Waals surface area contributed by atoms with E-state index in [4.69, 9.17) is 28.2 Å². The molecule has 0 aliphatic carbocycles. The van der Waals surface area contributed by atoms with Crippen molar-refractivity contribution in [2.24, 2.45) is 0 Å². The predicted octanol–water partition coefficient (Wildman–Crippen LogP) is 5.34. The van der Waals surface area contributed by atoms with Crippen molar-refractivity contribution in [3.05, 3.63) is 87.1 Å². The highest BCUT2D eigenvalue weighted by Gasteiger charge is 2.13. The summed E-state index contributed by atoms with van der Waals surface area (Å²) in [6, 6.07) is 15.1. The molecule has 3 rings (SSSR count).